The van der Waals surface area contributed by atoms with Crippen molar-refractivity contribution in [1.29, 1.82) is 0 Å². The molecule has 0 bridgehead atoms. The zero-order valence-corrected chi connectivity index (χ0v) is 52.0. The van der Waals surface area contributed by atoms with Crippen LogP contribution in [0, 0.1) is 13.1 Å². The lowest BCUT2D eigenvalue weighted by Crippen LogP contribution is -2.08. The summed E-state index contributed by atoms with van der Waals surface area (Å²) in [5.74, 6) is 0. The van der Waals surface area contributed by atoms with E-state index in [-0.39, 0.29) is 22.5 Å². The summed E-state index contributed by atoms with van der Waals surface area (Å²) in [5, 5.41) is 12.5. The molecule has 0 N–H and O–H groups in total. The largest absolute Gasteiger partial charge is 0.415 e. The Morgan fingerprint density at radius 1 is 0.235 bits per heavy atom. The van der Waals surface area contributed by atoms with Gasteiger partial charge in [0.05, 0.1) is 96.3 Å². The lowest BCUT2D eigenvalue weighted by molar-refractivity contribution is -0.137. The van der Waals surface area contributed by atoms with E-state index in [2.05, 4.69) is 304 Å². The van der Waals surface area contributed by atoms with Crippen LogP contribution in [0.5, 0.6) is 0 Å². The molecule has 0 radical (unpaired) electrons. The molecule has 0 aliphatic rings. The molecule has 458 valence electrons. The highest BCUT2D eigenvalue weighted by molar-refractivity contribution is 6.17. The van der Waals surface area contributed by atoms with E-state index < -0.39 is 11.7 Å². The number of benzene rings is 14. The van der Waals surface area contributed by atoms with Crippen molar-refractivity contribution in [3.63, 3.8) is 0 Å². The maximum Gasteiger partial charge on any atom is 0.415 e. The maximum absolute atomic E-state index is 16.0. The average Bonchev–Trinajstić information content (AvgIpc) is 1.53. The number of fused-ring (bicyclic) bond motifs is 18. The molecule has 0 spiro atoms. The van der Waals surface area contributed by atoms with Gasteiger partial charge in [-0.1, -0.05) is 182 Å². The highest BCUT2D eigenvalue weighted by atomic mass is 19.4. The van der Waals surface area contributed by atoms with Crippen LogP contribution in [0.2, 0.25) is 0 Å². The molecule has 14 aromatic carbocycles. The Balaban J connectivity index is 0.975. The van der Waals surface area contributed by atoms with Crippen molar-refractivity contribution in [2.75, 3.05) is 0 Å². The minimum atomic E-state index is -4.91. The van der Waals surface area contributed by atoms with Gasteiger partial charge in [0.25, 0.3) is 0 Å². The zero-order chi connectivity index (χ0) is 65.2. The highest BCUT2D eigenvalue weighted by Gasteiger charge is 2.35. The van der Waals surface area contributed by atoms with Gasteiger partial charge < -0.3 is 27.4 Å². The van der Waals surface area contributed by atoms with E-state index >= 15 is 13.2 Å². The maximum atomic E-state index is 16.0. The number of hydrogen-bond acceptors (Lipinski definition) is 0. The third-order valence-electron chi connectivity index (χ3n) is 20.2. The minimum Gasteiger partial charge on any atom is -0.309 e. The van der Waals surface area contributed by atoms with Gasteiger partial charge in [-0.25, -0.2) is 9.69 Å². The molecule has 0 saturated heterocycles. The Labute approximate surface area is 556 Å². The van der Waals surface area contributed by atoms with E-state index in [1.165, 1.54) is 12.1 Å². The third kappa shape index (κ3) is 7.81. The van der Waals surface area contributed by atoms with Gasteiger partial charge >= 0.3 is 6.18 Å². The van der Waals surface area contributed by atoms with Crippen LogP contribution in [-0.2, 0) is 6.18 Å². The molecule has 98 heavy (non-hydrogen) atoms. The van der Waals surface area contributed by atoms with Crippen LogP contribution >= 0.6 is 0 Å². The number of aromatic nitrogens is 6. The molecule has 0 atom stereocenters. The second kappa shape index (κ2) is 20.6. The van der Waals surface area contributed by atoms with Gasteiger partial charge in [0.1, 0.15) is 0 Å². The normalized spacial score (nSPS) is 12.2. The average molecular weight is 1260 g/mol. The monoisotopic (exact) mass is 1260 g/mol. The van der Waals surface area contributed by atoms with E-state index in [1.54, 1.807) is 12.1 Å². The Kier molecular flexibility index (Phi) is 11.6. The first-order valence-electron chi connectivity index (χ1n) is 32.4. The molecule has 0 saturated carbocycles. The van der Waals surface area contributed by atoms with Crippen molar-refractivity contribution < 1.29 is 13.2 Å². The molecule has 6 heterocycles. The molecule has 0 fully saturated rings. The van der Waals surface area contributed by atoms with E-state index in [0.717, 1.165) is 160 Å². The second-order valence-electron chi connectivity index (χ2n) is 25.3. The van der Waals surface area contributed by atoms with E-state index in [0.29, 0.717) is 11.4 Å². The third-order valence-corrected chi connectivity index (χ3v) is 20.2. The first-order chi connectivity index (χ1) is 48.2. The predicted octanol–water partition coefficient (Wildman–Crippen LogP) is 24.1. The van der Waals surface area contributed by atoms with Gasteiger partial charge in [-0.15, -0.1) is 0 Å². The van der Waals surface area contributed by atoms with Gasteiger partial charge in [-0.3, -0.25) is 0 Å². The Hall–Kier alpha value is -13.4. The second-order valence-corrected chi connectivity index (χ2v) is 25.3. The van der Waals surface area contributed by atoms with Crippen LogP contribution < -0.4 is 0 Å². The minimum absolute atomic E-state index is 0.00498. The van der Waals surface area contributed by atoms with Crippen molar-refractivity contribution in [2.45, 2.75) is 6.18 Å². The summed E-state index contributed by atoms with van der Waals surface area (Å²) in [4.78, 5) is 7.72. The van der Waals surface area contributed by atoms with Crippen LogP contribution in [0.3, 0.4) is 0 Å². The molecule has 20 rings (SSSR count). The molecular formula is C87H49F3N8. The summed E-state index contributed by atoms with van der Waals surface area (Å²) in [7, 11) is 0. The number of alkyl halides is 3. The summed E-state index contributed by atoms with van der Waals surface area (Å²) >= 11 is 0. The van der Waals surface area contributed by atoms with Crippen molar-refractivity contribution in [3.8, 4) is 45.3 Å². The number of hydrogen-bond donors (Lipinski definition) is 0. The fourth-order valence-electron chi connectivity index (χ4n) is 16.2. The van der Waals surface area contributed by atoms with Crippen molar-refractivity contribution in [2.24, 2.45) is 0 Å². The molecule has 0 amide bonds. The van der Waals surface area contributed by atoms with E-state index in [1.807, 2.05) is 0 Å². The van der Waals surface area contributed by atoms with Crippen LogP contribution in [0.1, 0.15) is 5.56 Å². The number of nitrogens with zero attached hydrogens (tertiary/aromatic N) is 8. The van der Waals surface area contributed by atoms with Crippen molar-refractivity contribution in [3.05, 3.63) is 326 Å². The topological polar surface area (TPSA) is 38.3 Å². The molecular weight excluding hydrogens is 1210 g/mol. The Morgan fingerprint density at radius 3 is 0.765 bits per heavy atom. The van der Waals surface area contributed by atoms with Crippen molar-refractivity contribution >= 4 is 142 Å². The Bertz CT molecular complexity index is 6410. The fourth-order valence-corrected chi connectivity index (χ4v) is 16.2. The van der Waals surface area contributed by atoms with Crippen molar-refractivity contribution in [1.82, 2.24) is 27.4 Å². The van der Waals surface area contributed by atoms with Crippen LogP contribution in [0.25, 0.3) is 186 Å². The number of para-hydroxylation sites is 8. The van der Waals surface area contributed by atoms with Gasteiger partial charge in [-0.05, 0) is 126 Å². The molecule has 0 aliphatic carbocycles. The molecule has 11 heteroatoms. The summed E-state index contributed by atoms with van der Waals surface area (Å²) in [6.45, 7) is 17.1. The standard InChI is InChI=1S/C87H49F3N8/c1-91-52-35-40-57(71(45-52)87(88,89)90)70-50-85(97-81-46-53(93-73-27-11-3-19-58(73)59-20-4-12-28-74(59)93)36-41-66(81)67-42-37-54(47-82(67)97)94-75-29-13-5-21-60(75)61-22-6-14-30-76(61)94)86(51-72(70)92-2)98-83-48-55(95-77-31-15-7-23-62(77)63-24-8-16-32-78(63)95)38-43-68(83)69-44-39-56(49-84(69)98)96-79-33-17-9-25-64(79)65-26-10-18-34-80(65)96/h3-51H. The quantitative estimate of drug-likeness (QED) is 0.143. The number of rotatable bonds is 7. The lowest BCUT2D eigenvalue weighted by atomic mass is 9.95. The molecule has 0 aliphatic heterocycles. The van der Waals surface area contributed by atoms with Gasteiger partial charge in [0.15, 0.2) is 11.4 Å². The first kappa shape index (κ1) is 55.1. The smallest absolute Gasteiger partial charge is 0.309 e. The van der Waals surface area contributed by atoms with Crippen LogP contribution in [-0.4, -0.2) is 27.4 Å². The van der Waals surface area contributed by atoms with E-state index in [9.17, 15) is 6.57 Å². The van der Waals surface area contributed by atoms with Gasteiger partial charge in [0.2, 0.25) is 0 Å². The summed E-state index contributed by atoms with van der Waals surface area (Å²) in [6.07, 6.45) is -4.91. The zero-order valence-electron chi connectivity index (χ0n) is 52.0. The number of halogens is 3. The van der Waals surface area contributed by atoms with Gasteiger partial charge in [0, 0.05) is 87.4 Å². The summed E-state index contributed by atoms with van der Waals surface area (Å²) < 4.78 is 61.7. The SMILES string of the molecule is [C-]#[N+]c1ccc(-c2cc(-n3c4cc(-n5c6ccccc6c6ccccc65)ccc4c4ccc(-n5c6ccccc6c6ccccc65)cc43)c(-n3c4cc(-n5c6ccccc6c6ccccc65)ccc4c4ccc(-n5c6ccccc6c6ccccc65)cc43)cc2[N+]#[C-])c(C(F)(F)F)c1. The predicted molar refractivity (Wildman–Crippen MR) is 395 cm³/mol. The Morgan fingerprint density at radius 2 is 0.500 bits per heavy atom. The molecule has 8 nitrogen and oxygen atoms in total. The lowest BCUT2D eigenvalue weighted by Gasteiger charge is -2.22. The first-order valence-corrected chi connectivity index (χ1v) is 32.4. The van der Waals surface area contributed by atoms with Crippen LogP contribution in [0.15, 0.2) is 297 Å². The van der Waals surface area contributed by atoms with Gasteiger partial charge in [-0.2, -0.15) is 13.2 Å². The highest BCUT2D eigenvalue weighted by Crippen LogP contribution is 2.49. The molecule has 6 aromatic heterocycles. The fraction of sp³-hybridized carbons (Fsp3) is 0.0115. The molecule has 0 unspecified atom stereocenters. The summed E-state index contributed by atoms with van der Waals surface area (Å²) in [6, 6.07) is 101. The molecule has 20 aromatic rings. The van der Waals surface area contributed by atoms with Crippen LogP contribution in [0.4, 0.5) is 24.5 Å². The van der Waals surface area contributed by atoms with E-state index in [4.69, 9.17) is 6.57 Å². The summed E-state index contributed by atoms with van der Waals surface area (Å²) in [5.41, 5.74) is 14.6.